The van der Waals surface area contributed by atoms with Gasteiger partial charge in [0.25, 0.3) is 0 Å². The molecule has 2 rings (SSSR count). The van der Waals surface area contributed by atoms with Crippen LogP contribution in [0.15, 0.2) is 46.9 Å². The van der Waals surface area contributed by atoms with Gasteiger partial charge in [-0.2, -0.15) is 13.2 Å². The van der Waals surface area contributed by atoms with Crippen LogP contribution in [0.1, 0.15) is 27.0 Å². The van der Waals surface area contributed by atoms with Gasteiger partial charge in [-0.3, -0.25) is 4.79 Å². The molecule has 2 aromatic rings. The highest BCUT2D eigenvalue weighted by Gasteiger charge is 2.35. The molecule has 0 aliphatic rings. The predicted molar refractivity (Wildman–Crippen MR) is 86.5 cm³/mol. The second-order valence-corrected chi connectivity index (χ2v) is 6.21. The van der Waals surface area contributed by atoms with E-state index in [0.29, 0.717) is 12.0 Å². The van der Waals surface area contributed by atoms with Gasteiger partial charge in [0.1, 0.15) is 0 Å². The summed E-state index contributed by atoms with van der Waals surface area (Å²) >= 11 is 6.22. The molecule has 0 spiro atoms. The lowest BCUT2D eigenvalue weighted by atomic mass is 9.97. The summed E-state index contributed by atoms with van der Waals surface area (Å²) in [6.07, 6.45) is -4.18. The third-order valence-electron chi connectivity index (χ3n) is 3.13. The Hall–Kier alpha value is -1.14. The van der Waals surface area contributed by atoms with E-state index in [9.17, 15) is 18.0 Å². The molecular weight excluding hydrogens is 425 g/mol. The Morgan fingerprint density at radius 2 is 1.59 bits per heavy atom. The summed E-state index contributed by atoms with van der Waals surface area (Å²) in [6.45, 7) is 0. The van der Waals surface area contributed by atoms with E-state index in [2.05, 4.69) is 31.9 Å². The van der Waals surface area contributed by atoms with Gasteiger partial charge < -0.3 is 0 Å². The van der Waals surface area contributed by atoms with Crippen molar-refractivity contribution in [2.45, 2.75) is 12.6 Å². The first-order chi connectivity index (χ1) is 10.3. The van der Waals surface area contributed by atoms with Crippen LogP contribution < -0.4 is 0 Å². The zero-order valence-electron chi connectivity index (χ0n) is 11.3. The first kappa shape index (κ1) is 17.2. The van der Waals surface area contributed by atoms with Gasteiger partial charge in [0.05, 0.1) is 10.9 Å². The van der Waals surface area contributed by atoms with Crippen LogP contribution in [0.5, 0.6) is 0 Å². The molecule has 0 saturated heterocycles. The van der Waals surface area contributed by atoms with Gasteiger partial charge in [-0.25, -0.2) is 0 Å². The molecule has 0 fully saturated rings. The van der Waals surface area contributed by atoms with Gasteiger partial charge in [0, 0.05) is 10.0 Å². The molecule has 0 bridgehead atoms. The third kappa shape index (κ3) is 4.20. The van der Waals surface area contributed by atoms with Crippen molar-refractivity contribution in [2.24, 2.45) is 0 Å². The van der Waals surface area contributed by atoms with Crippen LogP contribution in [0.2, 0.25) is 0 Å². The van der Waals surface area contributed by atoms with E-state index < -0.39 is 17.5 Å². The summed E-state index contributed by atoms with van der Waals surface area (Å²) in [4.78, 5) is 11.6. The van der Waals surface area contributed by atoms with Crippen molar-refractivity contribution in [1.82, 2.24) is 0 Å². The van der Waals surface area contributed by atoms with Gasteiger partial charge in [-0.15, -0.1) is 0 Å². The maximum absolute atomic E-state index is 13.1. The van der Waals surface area contributed by atoms with Crippen molar-refractivity contribution in [2.75, 3.05) is 5.33 Å². The zero-order chi connectivity index (χ0) is 16.3. The lowest BCUT2D eigenvalue weighted by Crippen LogP contribution is -2.14. The molecule has 0 aromatic heterocycles. The zero-order valence-corrected chi connectivity index (χ0v) is 14.4. The van der Waals surface area contributed by atoms with E-state index >= 15 is 0 Å². The minimum atomic E-state index is -4.55. The minimum absolute atomic E-state index is 0.137. The molecule has 22 heavy (non-hydrogen) atoms. The SMILES string of the molecule is O=C(CBr)c1ccc(Cc2ccc(Br)cc2)cc1C(F)(F)F. The highest BCUT2D eigenvalue weighted by Crippen LogP contribution is 2.33. The summed E-state index contributed by atoms with van der Waals surface area (Å²) in [5.41, 5.74) is 0.229. The van der Waals surface area contributed by atoms with Crippen LogP contribution in [-0.2, 0) is 12.6 Å². The monoisotopic (exact) mass is 434 g/mol. The lowest BCUT2D eigenvalue weighted by Gasteiger charge is -2.13. The Kier molecular flexibility index (Phi) is 5.45. The number of halogens is 5. The van der Waals surface area contributed by atoms with Gasteiger partial charge in [-0.05, 0) is 35.7 Å². The largest absolute Gasteiger partial charge is 0.417 e. The smallest absolute Gasteiger partial charge is 0.293 e. The second kappa shape index (κ2) is 6.96. The first-order valence-corrected chi connectivity index (χ1v) is 8.26. The minimum Gasteiger partial charge on any atom is -0.293 e. The number of carbonyl (C=O) groups is 1. The number of alkyl halides is 4. The molecule has 1 nitrogen and oxygen atoms in total. The van der Waals surface area contributed by atoms with E-state index in [1.165, 1.54) is 6.07 Å². The summed E-state index contributed by atoms with van der Waals surface area (Å²) in [7, 11) is 0. The molecule has 0 unspecified atom stereocenters. The molecule has 0 atom stereocenters. The number of carbonyl (C=O) groups excluding carboxylic acids is 1. The van der Waals surface area contributed by atoms with Crippen molar-refractivity contribution in [3.05, 3.63) is 69.2 Å². The number of benzene rings is 2. The van der Waals surface area contributed by atoms with Crippen molar-refractivity contribution in [1.29, 1.82) is 0 Å². The molecule has 2 aromatic carbocycles. The number of hydrogen-bond donors (Lipinski definition) is 0. The van der Waals surface area contributed by atoms with Crippen LogP contribution in [0, 0.1) is 0 Å². The van der Waals surface area contributed by atoms with Crippen LogP contribution in [0.25, 0.3) is 0 Å². The number of Topliss-reactive ketones (excluding diaryl/α,β-unsaturated/α-hetero) is 1. The summed E-state index contributed by atoms with van der Waals surface area (Å²) < 4.78 is 40.3. The molecule has 0 aliphatic carbocycles. The standard InChI is InChI=1S/C16H11Br2F3O/c17-9-15(22)13-6-3-11(8-14(13)16(19,20)21)7-10-1-4-12(18)5-2-10/h1-6,8H,7,9H2. The highest BCUT2D eigenvalue weighted by molar-refractivity contribution is 9.10. The molecule has 0 saturated carbocycles. The fourth-order valence-electron chi connectivity index (χ4n) is 2.09. The summed E-state index contributed by atoms with van der Waals surface area (Å²) in [5, 5.41) is -0.137. The average Bonchev–Trinajstić information content (AvgIpc) is 2.48. The van der Waals surface area contributed by atoms with E-state index in [-0.39, 0.29) is 10.9 Å². The quantitative estimate of drug-likeness (QED) is 0.448. The van der Waals surface area contributed by atoms with E-state index in [1.807, 2.05) is 24.3 Å². The van der Waals surface area contributed by atoms with Crippen LogP contribution in [0.3, 0.4) is 0 Å². The molecule has 6 heteroatoms. The molecule has 0 heterocycles. The molecule has 116 valence electrons. The first-order valence-electron chi connectivity index (χ1n) is 6.35. The van der Waals surface area contributed by atoms with Crippen LogP contribution in [-0.4, -0.2) is 11.1 Å². The van der Waals surface area contributed by atoms with Crippen molar-refractivity contribution in [3.8, 4) is 0 Å². The van der Waals surface area contributed by atoms with Crippen LogP contribution >= 0.6 is 31.9 Å². The van der Waals surface area contributed by atoms with Crippen LogP contribution in [0.4, 0.5) is 13.2 Å². The van der Waals surface area contributed by atoms with Crippen molar-refractivity contribution in [3.63, 3.8) is 0 Å². The Balaban J connectivity index is 2.38. The fraction of sp³-hybridized carbons (Fsp3) is 0.188. The number of ketones is 1. The fourth-order valence-corrected chi connectivity index (χ4v) is 2.66. The van der Waals surface area contributed by atoms with E-state index in [4.69, 9.17) is 0 Å². The van der Waals surface area contributed by atoms with E-state index in [1.54, 1.807) is 6.07 Å². The number of rotatable bonds is 4. The third-order valence-corrected chi connectivity index (χ3v) is 4.17. The maximum Gasteiger partial charge on any atom is 0.417 e. The second-order valence-electron chi connectivity index (χ2n) is 4.74. The van der Waals surface area contributed by atoms with Gasteiger partial charge in [0.2, 0.25) is 0 Å². The molecule has 0 N–H and O–H groups in total. The average molecular weight is 436 g/mol. The molecule has 0 amide bonds. The normalized spacial score (nSPS) is 11.5. The van der Waals surface area contributed by atoms with Gasteiger partial charge in [0.15, 0.2) is 5.78 Å². The molecular formula is C16H11Br2F3O. The maximum atomic E-state index is 13.1. The lowest BCUT2D eigenvalue weighted by molar-refractivity contribution is -0.137. The Bertz CT molecular complexity index is 679. The van der Waals surface area contributed by atoms with E-state index in [0.717, 1.165) is 16.1 Å². The van der Waals surface area contributed by atoms with Gasteiger partial charge in [-0.1, -0.05) is 56.1 Å². The Morgan fingerprint density at radius 1 is 1.00 bits per heavy atom. The molecule has 0 aliphatic heterocycles. The van der Waals surface area contributed by atoms with Gasteiger partial charge >= 0.3 is 6.18 Å². The predicted octanol–water partition coefficient (Wildman–Crippen LogP) is 5.64. The topological polar surface area (TPSA) is 17.1 Å². The Labute approximate surface area is 142 Å². The molecule has 0 radical (unpaired) electrons. The van der Waals surface area contributed by atoms with Crippen molar-refractivity contribution >= 4 is 37.6 Å². The highest BCUT2D eigenvalue weighted by atomic mass is 79.9. The summed E-state index contributed by atoms with van der Waals surface area (Å²) in [6, 6.07) is 11.2. The van der Waals surface area contributed by atoms with Crippen molar-refractivity contribution < 1.29 is 18.0 Å². The summed E-state index contributed by atoms with van der Waals surface area (Å²) in [5.74, 6) is -0.581. The Morgan fingerprint density at radius 3 is 2.14 bits per heavy atom. The number of hydrogen-bond acceptors (Lipinski definition) is 1.